The number of benzene rings is 3. The molecule has 0 radical (unpaired) electrons. The van der Waals surface area contributed by atoms with Crippen LogP contribution in [0, 0.1) is 27.7 Å². The lowest BCUT2D eigenvalue weighted by molar-refractivity contribution is -0.138. The minimum absolute atomic E-state index is 0.0793. The average molecular weight is 672 g/mol. The van der Waals surface area contributed by atoms with Gasteiger partial charge in [0.25, 0.3) is 0 Å². The maximum atomic E-state index is 14.4. The van der Waals surface area contributed by atoms with Crippen molar-refractivity contribution < 1.29 is 28.6 Å². The van der Waals surface area contributed by atoms with Crippen LogP contribution in [-0.2, 0) is 19.0 Å². The molecule has 0 saturated carbocycles. The van der Waals surface area contributed by atoms with Crippen LogP contribution in [0.15, 0.2) is 81.6 Å². The second-order valence-electron chi connectivity index (χ2n) is 10.9. The lowest BCUT2D eigenvalue weighted by Gasteiger charge is -2.19. The molecule has 2 amide bonds. The van der Waals surface area contributed by atoms with Crippen molar-refractivity contribution >= 4 is 29.5 Å². The molecule has 1 heterocycles. The first-order chi connectivity index (χ1) is 23.4. The highest BCUT2D eigenvalue weighted by Gasteiger charge is 2.24. The Morgan fingerprint density at radius 2 is 1.04 bits per heavy atom. The van der Waals surface area contributed by atoms with Gasteiger partial charge >= 0.3 is 35.2 Å². The average Bonchev–Trinajstić information content (AvgIpc) is 3.07. The number of esters is 1. The Kier molecular flexibility index (Phi) is 11.4. The summed E-state index contributed by atoms with van der Waals surface area (Å²) < 4.78 is 17.6. The molecule has 14 heteroatoms. The fourth-order valence-electron chi connectivity index (χ4n) is 4.97. The number of hydrogen-bond acceptors (Lipinski definition) is 9. The van der Waals surface area contributed by atoms with E-state index in [0.29, 0.717) is 28.8 Å². The Morgan fingerprint density at radius 3 is 1.49 bits per heavy atom. The number of nitrogens with zero attached hydrogens (tertiary/aromatic N) is 3. The first kappa shape index (κ1) is 35.7. The number of rotatable bonds is 11. The molecule has 4 aromatic rings. The molecular weight excluding hydrogens is 634 g/mol. The molecule has 0 aliphatic carbocycles. The van der Waals surface area contributed by atoms with Crippen LogP contribution < -0.4 is 27.7 Å². The largest absolute Gasteiger partial charge is 0.459 e. The lowest BCUT2D eigenvalue weighted by Crippen LogP contribution is -2.53. The standard InChI is InChI=1S/C35H37N5O9/c1-7-18-48-31(42)36-25-13-10-16-28(23(25)5)39-33(44)38(27-15-9-12-21(3)22(27)4)34(45)40(35(39)46)29-17-11-14-26(24(29)6)37-32(43)49-20-19-47-30(41)8-2/h8-17H,2,7,18-20H2,1,3-6H3,(H,36,42)(H,37,43). The smallest absolute Gasteiger partial charge is 0.411 e. The molecule has 0 aliphatic heterocycles. The Morgan fingerprint density at radius 1 is 0.633 bits per heavy atom. The minimum atomic E-state index is -0.989. The van der Waals surface area contributed by atoms with Crippen molar-refractivity contribution in [2.45, 2.75) is 41.0 Å². The van der Waals surface area contributed by atoms with E-state index in [9.17, 15) is 28.8 Å². The number of nitrogens with one attached hydrogen (secondary N) is 2. The van der Waals surface area contributed by atoms with Crippen LogP contribution in [0.1, 0.15) is 35.6 Å². The number of carbonyl (C=O) groups excluding carboxylic acids is 3. The van der Waals surface area contributed by atoms with Crippen LogP contribution in [0.2, 0.25) is 0 Å². The quantitative estimate of drug-likeness (QED) is 0.100. The van der Waals surface area contributed by atoms with Gasteiger partial charge < -0.3 is 14.2 Å². The first-order valence-corrected chi connectivity index (χ1v) is 15.4. The van der Waals surface area contributed by atoms with Crippen LogP contribution in [0.5, 0.6) is 0 Å². The summed E-state index contributed by atoms with van der Waals surface area (Å²) in [5, 5.41) is 5.21. The number of aryl methyl sites for hydroxylation is 1. The van der Waals surface area contributed by atoms with Crippen molar-refractivity contribution in [3.05, 3.63) is 121 Å². The lowest BCUT2D eigenvalue weighted by atomic mass is 10.1. The number of carbonyl (C=O) groups is 3. The second kappa shape index (κ2) is 15.6. The van der Waals surface area contributed by atoms with E-state index in [4.69, 9.17) is 14.2 Å². The fraction of sp³-hybridized carbons (Fsp3) is 0.257. The zero-order valence-electron chi connectivity index (χ0n) is 27.8. The Bertz CT molecular complexity index is 2110. The van der Waals surface area contributed by atoms with Gasteiger partial charge in [0.2, 0.25) is 0 Å². The first-order valence-electron chi connectivity index (χ1n) is 15.4. The van der Waals surface area contributed by atoms with Crippen LogP contribution >= 0.6 is 0 Å². The van der Waals surface area contributed by atoms with Gasteiger partial charge in [-0.3, -0.25) is 10.6 Å². The monoisotopic (exact) mass is 671 g/mol. The van der Waals surface area contributed by atoms with E-state index in [1.165, 1.54) is 18.2 Å². The summed E-state index contributed by atoms with van der Waals surface area (Å²) in [4.78, 5) is 79.0. The predicted molar refractivity (Wildman–Crippen MR) is 184 cm³/mol. The fourth-order valence-corrected chi connectivity index (χ4v) is 4.97. The van der Waals surface area contributed by atoms with E-state index >= 15 is 0 Å². The SMILES string of the molecule is C=CC(=O)OCCOC(=O)Nc1cccc(-n2c(=O)n(-c3cccc(C)c3C)c(=O)n(-c3cccc(NC(=O)OCCC)c3C)c2=O)c1C. The summed E-state index contributed by atoms with van der Waals surface area (Å²) in [6.07, 6.45) is 0.0142. The second-order valence-corrected chi connectivity index (χ2v) is 10.9. The van der Waals surface area contributed by atoms with Gasteiger partial charge in [-0.25, -0.2) is 42.5 Å². The zero-order valence-corrected chi connectivity index (χ0v) is 27.8. The molecule has 2 N–H and O–H groups in total. The Hall–Kier alpha value is -6.18. The number of anilines is 2. The van der Waals surface area contributed by atoms with E-state index in [1.807, 2.05) is 19.9 Å². The summed E-state index contributed by atoms with van der Waals surface area (Å²) in [7, 11) is 0. The van der Waals surface area contributed by atoms with Crippen molar-refractivity contribution in [3.63, 3.8) is 0 Å². The Balaban J connectivity index is 1.91. The van der Waals surface area contributed by atoms with E-state index in [0.717, 1.165) is 25.3 Å². The van der Waals surface area contributed by atoms with Crippen LogP contribution in [0.3, 0.4) is 0 Å². The number of ether oxygens (including phenoxy) is 3. The van der Waals surface area contributed by atoms with E-state index < -0.39 is 35.2 Å². The highest BCUT2D eigenvalue weighted by atomic mass is 16.6. The van der Waals surface area contributed by atoms with Crippen molar-refractivity contribution in [1.29, 1.82) is 0 Å². The van der Waals surface area contributed by atoms with Gasteiger partial charge in [-0.15, -0.1) is 0 Å². The van der Waals surface area contributed by atoms with Crippen LogP contribution in [0.4, 0.5) is 21.0 Å². The molecular formula is C35H37N5O9. The molecule has 0 saturated heterocycles. The summed E-state index contributed by atoms with van der Waals surface area (Å²) in [6.45, 7) is 11.7. The van der Waals surface area contributed by atoms with Gasteiger partial charge in [0.05, 0.1) is 23.7 Å². The van der Waals surface area contributed by atoms with Gasteiger partial charge in [0.15, 0.2) is 0 Å². The van der Waals surface area contributed by atoms with Crippen LogP contribution in [-0.4, -0.2) is 51.7 Å². The molecule has 0 atom stereocenters. The summed E-state index contributed by atoms with van der Waals surface area (Å²) in [5.41, 5.74) is 0.211. The van der Waals surface area contributed by atoms with Crippen molar-refractivity contribution in [1.82, 2.24) is 13.7 Å². The third-order valence-corrected chi connectivity index (χ3v) is 7.70. The highest BCUT2D eigenvalue weighted by Crippen LogP contribution is 2.24. The van der Waals surface area contributed by atoms with Gasteiger partial charge in [-0.05, 0) is 86.7 Å². The predicted octanol–water partition coefficient (Wildman–Crippen LogP) is 4.61. The topological polar surface area (TPSA) is 169 Å². The molecule has 0 fully saturated rings. The van der Waals surface area contributed by atoms with Gasteiger partial charge in [-0.2, -0.15) is 0 Å². The van der Waals surface area contributed by atoms with Crippen molar-refractivity contribution in [3.8, 4) is 17.1 Å². The molecule has 1 aromatic heterocycles. The molecule has 4 rings (SSSR count). The third kappa shape index (κ3) is 7.70. The summed E-state index contributed by atoms with van der Waals surface area (Å²) in [5.74, 6) is -0.668. The van der Waals surface area contributed by atoms with E-state index in [1.54, 1.807) is 51.1 Å². The number of aromatic nitrogens is 3. The van der Waals surface area contributed by atoms with Gasteiger partial charge in [-0.1, -0.05) is 37.8 Å². The zero-order chi connectivity index (χ0) is 35.8. The highest BCUT2D eigenvalue weighted by molar-refractivity contribution is 5.87. The summed E-state index contributed by atoms with van der Waals surface area (Å²) >= 11 is 0. The molecule has 0 aliphatic rings. The van der Waals surface area contributed by atoms with Crippen molar-refractivity contribution in [2.24, 2.45) is 0 Å². The molecule has 0 unspecified atom stereocenters. The minimum Gasteiger partial charge on any atom is -0.459 e. The molecule has 0 bridgehead atoms. The maximum Gasteiger partial charge on any atom is 0.411 e. The Labute approximate surface area is 281 Å². The molecule has 49 heavy (non-hydrogen) atoms. The van der Waals surface area contributed by atoms with Crippen molar-refractivity contribution in [2.75, 3.05) is 30.5 Å². The van der Waals surface area contributed by atoms with Gasteiger partial charge in [0.1, 0.15) is 13.2 Å². The number of amides is 2. The molecule has 0 spiro atoms. The third-order valence-electron chi connectivity index (χ3n) is 7.70. The molecule has 14 nitrogen and oxygen atoms in total. The maximum absolute atomic E-state index is 14.4. The number of hydrogen-bond donors (Lipinski definition) is 2. The molecule has 3 aromatic carbocycles. The van der Waals surface area contributed by atoms with E-state index in [-0.39, 0.29) is 42.6 Å². The summed E-state index contributed by atoms with van der Waals surface area (Å²) in [6, 6.07) is 14.4. The molecule has 256 valence electrons. The normalized spacial score (nSPS) is 10.6. The van der Waals surface area contributed by atoms with Gasteiger partial charge in [0, 0.05) is 17.5 Å². The van der Waals surface area contributed by atoms with E-state index in [2.05, 4.69) is 17.2 Å². The van der Waals surface area contributed by atoms with Crippen LogP contribution in [0.25, 0.3) is 17.1 Å².